The summed E-state index contributed by atoms with van der Waals surface area (Å²) in [6.45, 7) is 7.82. The van der Waals surface area contributed by atoms with Crippen LogP contribution in [0.1, 0.15) is 39.0 Å². The summed E-state index contributed by atoms with van der Waals surface area (Å²) < 4.78 is 0. The summed E-state index contributed by atoms with van der Waals surface area (Å²) in [5, 5.41) is 7.30. The van der Waals surface area contributed by atoms with Gasteiger partial charge in [-0.25, -0.2) is 0 Å². The Morgan fingerprint density at radius 3 is 1.71 bits per heavy atom. The van der Waals surface area contributed by atoms with Gasteiger partial charge in [-0.2, -0.15) is 5.01 Å². The Morgan fingerprint density at radius 1 is 0.771 bits per heavy atom. The number of amides is 3. The number of hydrazine groups is 1. The van der Waals surface area contributed by atoms with Crippen LogP contribution in [0.25, 0.3) is 0 Å². The first-order valence-corrected chi connectivity index (χ1v) is 11.5. The highest BCUT2D eigenvalue weighted by molar-refractivity contribution is 6.02. The Balaban J connectivity index is 1.52. The maximum absolute atomic E-state index is 13.1. The van der Waals surface area contributed by atoms with Gasteiger partial charge in [0.15, 0.2) is 0 Å². The van der Waals surface area contributed by atoms with Crippen molar-refractivity contribution in [3.05, 3.63) is 88.7 Å². The zero-order chi connectivity index (χ0) is 25.1. The molecule has 0 radical (unpaired) electrons. The van der Waals surface area contributed by atoms with Gasteiger partial charge in [-0.3, -0.25) is 24.8 Å². The first-order valence-electron chi connectivity index (χ1n) is 11.5. The molecule has 0 aliphatic carbocycles. The largest absolute Gasteiger partial charge is 0.324 e. The third-order valence-corrected chi connectivity index (χ3v) is 6.18. The quantitative estimate of drug-likeness (QED) is 0.509. The summed E-state index contributed by atoms with van der Waals surface area (Å²) in [6, 6.07) is 13.3. The average molecular weight is 472 g/mol. The molecule has 4 rings (SSSR count). The summed E-state index contributed by atoms with van der Waals surface area (Å²) in [6.07, 6.45) is 3.30. The van der Waals surface area contributed by atoms with E-state index in [1.54, 1.807) is 12.1 Å². The van der Waals surface area contributed by atoms with Gasteiger partial charge in [-0.15, -0.1) is 0 Å². The first kappa shape index (κ1) is 24.1. The van der Waals surface area contributed by atoms with Crippen LogP contribution in [0.2, 0.25) is 0 Å². The van der Waals surface area contributed by atoms with Crippen molar-refractivity contribution in [1.29, 1.82) is 0 Å². The molecule has 2 unspecified atom stereocenters. The molecule has 2 heterocycles. The van der Waals surface area contributed by atoms with Crippen molar-refractivity contribution >= 4 is 29.1 Å². The van der Waals surface area contributed by atoms with Gasteiger partial charge in [0.2, 0.25) is 11.8 Å². The van der Waals surface area contributed by atoms with E-state index in [2.05, 4.69) is 21.0 Å². The van der Waals surface area contributed by atoms with Gasteiger partial charge >= 0.3 is 0 Å². The molecular weight excluding hydrogens is 442 g/mol. The molecule has 8 heteroatoms. The molecule has 0 saturated carbocycles. The predicted molar refractivity (Wildman–Crippen MR) is 135 cm³/mol. The lowest BCUT2D eigenvalue weighted by atomic mass is 9.93. The maximum atomic E-state index is 13.1. The molecule has 2 atom stereocenters. The van der Waals surface area contributed by atoms with E-state index in [0.717, 1.165) is 22.3 Å². The Kier molecular flexibility index (Phi) is 6.93. The fourth-order valence-electron chi connectivity index (χ4n) is 4.17. The van der Waals surface area contributed by atoms with E-state index in [4.69, 9.17) is 0 Å². The van der Waals surface area contributed by atoms with Gasteiger partial charge in [0.1, 0.15) is 12.1 Å². The lowest BCUT2D eigenvalue weighted by molar-refractivity contribution is -0.141. The number of benzene rings is 2. The van der Waals surface area contributed by atoms with Gasteiger partial charge in [-0.1, -0.05) is 35.4 Å². The SMILES string of the molecule is Cc1ccc(NC(=O)C2CC(C(=O)Nc3ccc(C)cc3C)N2NC(=O)c2ccncc2)c(C)c1. The van der Waals surface area contributed by atoms with Gasteiger partial charge in [0, 0.05) is 35.8 Å². The second kappa shape index (κ2) is 10.1. The number of nitrogens with one attached hydrogen (secondary N) is 3. The monoisotopic (exact) mass is 471 g/mol. The molecule has 1 aliphatic rings. The fraction of sp³-hybridized carbons (Fsp3) is 0.259. The lowest BCUT2D eigenvalue weighted by Crippen LogP contribution is -2.70. The molecule has 1 saturated heterocycles. The van der Waals surface area contributed by atoms with E-state index >= 15 is 0 Å². The molecule has 8 nitrogen and oxygen atoms in total. The van der Waals surface area contributed by atoms with Crippen LogP contribution in [0, 0.1) is 27.7 Å². The summed E-state index contributed by atoms with van der Waals surface area (Å²) in [5.74, 6) is -0.995. The fourth-order valence-corrected chi connectivity index (χ4v) is 4.17. The van der Waals surface area contributed by atoms with Crippen LogP contribution in [0.3, 0.4) is 0 Å². The van der Waals surface area contributed by atoms with Crippen LogP contribution >= 0.6 is 0 Å². The molecule has 0 bridgehead atoms. The van der Waals surface area contributed by atoms with E-state index in [-0.39, 0.29) is 18.2 Å². The van der Waals surface area contributed by atoms with E-state index < -0.39 is 18.0 Å². The zero-order valence-corrected chi connectivity index (χ0v) is 20.3. The van der Waals surface area contributed by atoms with Gasteiger partial charge in [0.05, 0.1) is 0 Å². The van der Waals surface area contributed by atoms with E-state index in [9.17, 15) is 14.4 Å². The van der Waals surface area contributed by atoms with Crippen molar-refractivity contribution < 1.29 is 14.4 Å². The number of hydrogen-bond acceptors (Lipinski definition) is 5. The van der Waals surface area contributed by atoms with Crippen molar-refractivity contribution in [3.63, 3.8) is 0 Å². The Bertz CT molecular complexity index is 1200. The van der Waals surface area contributed by atoms with E-state index in [0.29, 0.717) is 16.9 Å². The normalized spacial score (nSPS) is 17.3. The summed E-state index contributed by atoms with van der Waals surface area (Å²) >= 11 is 0. The molecule has 0 spiro atoms. The minimum absolute atomic E-state index is 0.268. The molecular formula is C27H29N5O3. The van der Waals surface area contributed by atoms with Crippen molar-refractivity contribution in [1.82, 2.24) is 15.4 Å². The standard InChI is InChI=1S/C27H29N5O3/c1-16-5-7-21(18(3)13-16)29-26(34)23-15-24(27(35)30-22-8-6-17(2)14-19(22)4)32(23)31-25(33)20-9-11-28-12-10-20/h5-14,23-24H,15H2,1-4H3,(H,29,34)(H,30,35)(H,31,33). The maximum Gasteiger partial charge on any atom is 0.265 e. The molecule has 1 aromatic heterocycles. The second-order valence-electron chi connectivity index (χ2n) is 8.97. The Morgan fingerprint density at radius 2 is 1.26 bits per heavy atom. The number of pyridine rings is 1. The van der Waals surface area contributed by atoms with Gasteiger partial charge in [-0.05, 0) is 63.1 Å². The first-order chi connectivity index (χ1) is 16.7. The van der Waals surface area contributed by atoms with Crippen LogP contribution in [-0.4, -0.2) is 39.8 Å². The van der Waals surface area contributed by atoms with Crippen LogP contribution in [0.5, 0.6) is 0 Å². The van der Waals surface area contributed by atoms with E-state index in [1.807, 2.05) is 64.1 Å². The molecule has 2 aromatic carbocycles. The number of aromatic nitrogens is 1. The summed E-state index contributed by atoms with van der Waals surface area (Å²) in [7, 11) is 0. The summed E-state index contributed by atoms with van der Waals surface area (Å²) in [4.78, 5) is 43.0. The summed E-state index contributed by atoms with van der Waals surface area (Å²) in [5.41, 5.74) is 8.61. The lowest BCUT2D eigenvalue weighted by Gasteiger charge is -2.45. The van der Waals surface area contributed by atoms with Crippen molar-refractivity contribution in [2.45, 2.75) is 46.2 Å². The van der Waals surface area contributed by atoms with Crippen molar-refractivity contribution in [2.75, 3.05) is 10.6 Å². The molecule has 35 heavy (non-hydrogen) atoms. The highest BCUT2D eigenvalue weighted by atomic mass is 16.2. The van der Waals surface area contributed by atoms with Crippen LogP contribution in [0.4, 0.5) is 11.4 Å². The third kappa shape index (κ3) is 5.38. The molecule has 3 aromatic rings. The minimum atomic E-state index is -0.698. The number of aryl methyl sites for hydroxylation is 4. The Hall–Kier alpha value is -4.04. The van der Waals surface area contributed by atoms with E-state index in [1.165, 1.54) is 17.4 Å². The number of rotatable bonds is 6. The molecule has 3 N–H and O–H groups in total. The number of carbonyl (C=O) groups excluding carboxylic acids is 3. The predicted octanol–water partition coefficient (Wildman–Crippen LogP) is 3.68. The molecule has 1 aliphatic heterocycles. The number of anilines is 2. The Labute approximate surface area is 204 Å². The van der Waals surface area contributed by atoms with Crippen LogP contribution < -0.4 is 16.1 Å². The minimum Gasteiger partial charge on any atom is -0.324 e. The molecule has 1 fully saturated rings. The average Bonchev–Trinajstić information content (AvgIpc) is 2.81. The molecule has 3 amide bonds. The highest BCUT2D eigenvalue weighted by Crippen LogP contribution is 2.28. The number of carbonyl (C=O) groups is 3. The second-order valence-corrected chi connectivity index (χ2v) is 8.97. The molecule has 180 valence electrons. The highest BCUT2D eigenvalue weighted by Gasteiger charge is 2.48. The topological polar surface area (TPSA) is 103 Å². The van der Waals surface area contributed by atoms with Gasteiger partial charge < -0.3 is 10.6 Å². The number of hydrogen-bond donors (Lipinski definition) is 3. The smallest absolute Gasteiger partial charge is 0.265 e. The van der Waals surface area contributed by atoms with Crippen LogP contribution in [-0.2, 0) is 9.59 Å². The van der Waals surface area contributed by atoms with Crippen molar-refractivity contribution in [2.24, 2.45) is 0 Å². The van der Waals surface area contributed by atoms with Crippen LogP contribution in [0.15, 0.2) is 60.9 Å². The van der Waals surface area contributed by atoms with Crippen molar-refractivity contribution in [3.8, 4) is 0 Å². The zero-order valence-electron chi connectivity index (χ0n) is 20.3. The third-order valence-electron chi connectivity index (χ3n) is 6.18. The number of nitrogens with zero attached hydrogens (tertiary/aromatic N) is 2. The van der Waals surface area contributed by atoms with Gasteiger partial charge in [0.25, 0.3) is 5.91 Å².